The second-order valence-corrected chi connectivity index (χ2v) is 11.6. The fourth-order valence-corrected chi connectivity index (χ4v) is 6.08. The summed E-state index contributed by atoms with van der Waals surface area (Å²) in [4.78, 5) is 24.8. The zero-order valence-corrected chi connectivity index (χ0v) is 20.4. The summed E-state index contributed by atoms with van der Waals surface area (Å²) in [6, 6.07) is 6.71. The number of benzene rings is 1. The molecule has 2 aromatic rings. The number of esters is 2. The molecule has 0 saturated heterocycles. The predicted octanol–water partition coefficient (Wildman–Crippen LogP) is 4.42. The number of ether oxygens (including phenoxy) is 2. The largest absolute Gasteiger partial charge is 0.507 e. The van der Waals surface area contributed by atoms with Crippen molar-refractivity contribution in [2.75, 3.05) is 11.3 Å². The van der Waals surface area contributed by atoms with Crippen molar-refractivity contribution in [1.29, 1.82) is 0 Å². The molecule has 8 nitrogen and oxygen atoms in total. The van der Waals surface area contributed by atoms with Gasteiger partial charge < -0.3 is 14.6 Å². The number of phenols is 1. The van der Waals surface area contributed by atoms with Gasteiger partial charge in [0, 0.05) is 5.69 Å². The van der Waals surface area contributed by atoms with E-state index in [1.54, 1.807) is 11.4 Å². The van der Waals surface area contributed by atoms with Gasteiger partial charge in [-0.15, -0.1) is 11.3 Å². The Morgan fingerprint density at radius 2 is 2.00 bits per heavy atom. The van der Waals surface area contributed by atoms with Crippen molar-refractivity contribution in [2.24, 2.45) is 17.8 Å². The lowest BCUT2D eigenvalue weighted by atomic mass is 9.75. The van der Waals surface area contributed by atoms with Crippen LogP contribution in [0.5, 0.6) is 5.75 Å². The third-order valence-electron chi connectivity index (χ3n) is 5.79. The number of anilines is 1. The quantitative estimate of drug-likeness (QED) is 0.411. The Kier molecular flexibility index (Phi) is 8.01. The summed E-state index contributed by atoms with van der Waals surface area (Å²) >= 11 is 1.05. The smallest absolute Gasteiger partial charge is 0.344 e. The van der Waals surface area contributed by atoms with Crippen molar-refractivity contribution < 1.29 is 32.6 Å². The van der Waals surface area contributed by atoms with Gasteiger partial charge in [0.2, 0.25) is 0 Å². The van der Waals surface area contributed by atoms with Gasteiger partial charge in [-0.05, 0) is 60.2 Å². The van der Waals surface area contributed by atoms with Crippen LogP contribution in [-0.2, 0) is 24.3 Å². The normalized spacial score (nSPS) is 20.9. The van der Waals surface area contributed by atoms with Gasteiger partial charge in [0.15, 0.2) is 6.61 Å². The Balaban J connectivity index is 1.62. The van der Waals surface area contributed by atoms with Crippen LogP contribution >= 0.6 is 11.3 Å². The van der Waals surface area contributed by atoms with Crippen molar-refractivity contribution >= 4 is 39.0 Å². The number of aromatic hydroxyl groups is 1. The highest BCUT2D eigenvalue weighted by Gasteiger charge is 2.33. The molecule has 1 saturated carbocycles. The first-order chi connectivity index (χ1) is 15.6. The number of sulfonamides is 1. The number of nitrogens with one attached hydrogen (secondary N) is 1. The first kappa shape index (κ1) is 25.0. The molecule has 0 radical (unpaired) electrons. The summed E-state index contributed by atoms with van der Waals surface area (Å²) in [5.41, 5.74) is -0.188. The number of thiophene rings is 1. The molecular formula is C23H29NO7S2. The van der Waals surface area contributed by atoms with Crippen molar-refractivity contribution in [3.05, 3.63) is 41.3 Å². The molecule has 1 fully saturated rings. The van der Waals surface area contributed by atoms with Crippen LogP contribution in [0, 0.1) is 17.8 Å². The number of rotatable bonds is 8. The summed E-state index contributed by atoms with van der Waals surface area (Å²) in [5, 5.41) is 11.7. The maximum Gasteiger partial charge on any atom is 0.344 e. The maximum atomic E-state index is 12.5. The fourth-order valence-electron chi connectivity index (χ4n) is 4.04. The maximum absolute atomic E-state index is 12.5. The van der Waals surface area contributed by atoms with E-state index in [0.29, 0.717) is 11.8 Å². The van der Waals surface area contributed by atoms with Crippen LogP contribution in [0.15, 0.2) is 39.9 Å². The van der Waals surface area contributed by atoms with E-state index in [2.05, 4.69) is 25.5 Å². The molecule has 10 heteroatoms. The van der Waals surface area contributed by atoms with Gasteiger partial charge in [-0.1, -0.05) is 33.3 Å². The van der Waals surface area contributed by atoms with Crippen molar-refractivity contribution in [3.63, 3.8) is 0 Å². The summed E-state index contributed by atoms with van der Waals surface area (Å²) in [5.74, 6) is -0.916. The monoisotopic (exact) mass is 495 g/mol. The summed E-state index contributed by atoms with van der Waals surface area (Å²) < 4.78 is 37.9. The van der Waals surface area contributed by atoms with Gasteiger partial charge in [0.05, 0.1) is 0 Å². The van der Waals surface area contributed by atoms with E-state index in [1.807, 2.05) is 0 Å². The highest BCUT2D eigenvalue weighted by atomic mass is 32.2. The molecule has 0 amide bonds. The number of carbonyl (C=O) groups excluding carboxylic acids is 2. The third kappa shape index (κ3) is 6.48. The van der Waals surface area contributed by atoms with Crippen molar-refractivity contribution in [1.82, 2.24) is 0 Å². The van der Waals surface area contributed by atoms with Gasteiger partial charge in [0.1, 0.15) is 21.6 Å². The number of hydrogen-bond acceptors (Lipinski definition) is 8. The lowest BCUT2D eigenvalue weighted by molar-refractivity contribution is -0.159. The molecule has 3 atom stereocenters. The van der Waals surface area contributed by atoms with Crippen molar-refractivity contribution in [2.45, 2.75) is 50.3 Å². The summed E-state index contributed by atoms with van der Waals surface area (Å²) in [7, 11) is -3.82. The Labute approximate surface area is 198 Å². The van der Waals surface area contributed by atoms with E-state index in [9.17, 15) is 23.1 Å². The van der Waals surface area contributed by atoms with Crippen LogP contribution in [0.2, 0.25) is 0 Å². The topological polar surface area (TPSA) is 119 Å². The second kappa shape index (κ2) is 10.6. The lowest BCUT2D eigenvalue weighted by Gasteiger charge is -2.36. The molecule has 1 aliphatic carbocycles. The minimum atomic E-state index is -3.82. The van der Waals surface area contributed by atoms with E-state index in [0.717, 1.165) is 36.7 Å². The molecule has 0 aliphatic heterocycles. The standard InChI is InChI=1S/C23H29NO7S2/c1-14(2)17-8-6-15(3)11-20(17)31-21(26)13-30-23(27)18-12-16(7-9-19(18)25)24-33(28,29)22-5-4-10-32-22/h4-5,7,9-10,12,14-15,17,20,24-25H,6,8,11,13H2,1-3H3/t15-,17-,20-/m1/s1. The van der Waals surface area contributed by atoms with Crippen LogP contribution < -0.4 is 4.72 Å². The SMILES string of the molecule is CC(C)[C@H]1CC[C@@H](C)C[C@H]1OC(=O)COC(=O)c1cc(NS(=O)(=O)c2cccs2)ccc1O. The number of carbonyl (C=O) groups is 2. The molecule has 180 valence electrons. The fraction of sp³-hybridized carbons (Fsp3) is 0.478. The van der Waals surface area contributed by atoms with Gasteiger partial charge >= 0.3 is 11.9 Å². The molecular weight excluding hydrogens is 466 g/mol. The number of phenolic OH excluding ortho intramolecular Hbond substituents is 1. The lowest BCUT2D eigenvalue weighted by Crippen LogP contribution is -2.36. The molecule has 2 N–H and O–H groups in total. The minimum Gasteiger partial charge on any atom is -0.507 e. The molecule has 1 aromatic carbocycles. The first-order valence-corrected chi connectivity index (χ1v) is 13.2. The third-order valence-corrected chi connectivity index (χ3v) is 8.57. The minimum absolute atomic E-state index is 0.0756. The highest BCUT2D eigenvalue weighted by Crippen LogP contribution is 2.35. The Bertz CT molecular complexity index is 1080. The molecule has 1 aliphatic rings. The van der Waals surface area contributed by atoms with E-state index < -0.39 is 34.3 Å². The zero-order valence-electron chi connectivity index (χ0n) is 18.8. The van der Waals surface area contributed by atoms with E-state index in [1.165, 1.54) is 18.2 Å². The highest BCUT2D eigenvalue weighted by molar-refractivity contribution is 7.94. The van der Waals surface area contributed by atoms with E-state index in [4.69, 9.17) is 9.47 Å². The summed E-state index contributed by atoms with van der Waals surface area (Å²) in [6.07, 6.45) is 2.63. The Morgan fingerprint density at radius 1 is 1.24 bits per heavy atom. The van der Waals surface area contributed by atoms with Gasteiger partial charge in [-0.25, -0.2) is 18.0 Å². The zero-order chi connectivity index (χ0) is 24.2. The van der Waals surface area contributed by atoms with Crippen LogP contribution in [0.3, 0.4) is 0 Å². The molecule has 0 unspecified atom stereocenters. The number of hydrogen-bond donors (Lipinski definition) is 2. The van der Waals surface area contributed by atoms with Crippen LogP contribution in [0.4, 0.5) is 5.69 Å². The molecule has 0 spiro atoms. The predicted molar refractivity (Wildman–Crippen MR) is 125 cm³/mol. The molecule has 1 heterocycles. The first-order valence-electron chi connectivity index (χ1n) is 10.8. The van der Waals surface area contributed by atoms with Gasteiger partial charge in [0.25, 0.3) is 10.0 Å². The van der Waals surface area contributed by atoms with E-state index >= 15 is 0 Å². The van der Waals surface area contributed by atoms with Crippen molar-refractivity contribution in [3.8, 4) is 5.75 Å². The van der Waals surface area contributed by atoms with E-state index in [-0.39, 0.29) is 27.5 Å². The van der Waals surface area contributed by atoms with Crippen LogP contribution in [0.1, 0.15) is 50.4 Å². The second-order valence-electron chi connectivity index (χ2n) is 8.70. The van der Waals surface area contributed by atoms with Crippen LogP contribution in [0.25, 0.3) is 0 Å². The average molecular weight is 496 g/mol. The molecule has 0 bridgehead atoms. The summed E-state index contributed by atoms with van der Waals surface area (Å²) in [6.45, 7) is 5.73. The molecule has 3 rings (SSSR count). The Morgan fingerprint density at radius 3 is 2.67 bits per heavy atom. The molecule has 1 aromatic heterocycles. The van der Waals surface area contributed by atoms with Gasteiger partial charge in [-0.3, -0.25) is 4.72 Å². The molecule has 33 heavy (non-hydrogen) atoms. The average Bonchev–Trinajstić information content (AvgIpc) is 3.29. The van der Waals surface area contributed by atoms with Gasteiger partial charge in [-0.2, -0.15) is 0 Å². The Hall–Kier alpha value is -2.59. The van der Waals surface area contributed by atoms with Crippen LogP contribution in [-0.4, -0.2) is 38.2 Å².